The minimum Gasteiger partial charge on any atom is -0.378 e. The molecule has 0 aromatic heterocycles. The van der Waals surface area contributed by atoms with Crippen molar-refractivity contribution in [1.82, 2.24) is 0 Å². The van der Waals surface area contributed by atoms with Gasteiger partial charge in [-0.2, -0.15) is 10.5 Å². The molecule has 0 aliphatic heterocycles. The SMILES string of the molecule is CN(C)c1ccc(C=O)cc1.CN(C)c1ccc(C=O)cc1.[C-]#[N+]c1c(C)ccc2c(C#N)c(C)ccc12.[C-]#[N+]c1c(C=O)ccc2c(C#N)c(C)ccc12. The maximum Gasteiger partial charge on any atom is 0.205 e. The Morgan fingerprint density at radius 3 is 1.20 bits per heavy atom. The fraction of sp³-hybridized carbons (Fsp3) is 0.152. The number of aldehydes is 3. The number of carbonyl (C=O) groups excluding carboxylic acids is 3. The summed E-state index contributed by atoms with van der Waals surface area (Å²) in [6.45, 7) is 20.0. The van der Waals surface area contributed by atoms with Gasteiger partial charge in [-0.3, -0.25) is 14.4 Å². The number of anilines is 2. The molecule has 6 rings (SSSR count). The van der Waals surface area contributed by atoms with E-state index in [9.17, 15) is 14.4 Å². The molecule has 0 N–H and O–H groups in total. The van der Waals surface area contributed by atoms with Crippen LogP contribution in [-0.2, 0) is 0 Å². The molecule has 9 heteroatoms. The summed E-state index contributed by atoms with van der Waals surface area (Å²) in [7, 11) is 7.87. The summed E-state index contributed by atoms with van der Waals surface area (Å²) in [5, 5.41) is 21.4. The molecule has 0 unspecified atom stereocenters. The average Bonchev–Trinajstić information content (AvgIpc) is 3.21. The van der Waals surface area contributed by atoms with E-state index >= 15 is 0 Å². The van der Waals surface area contributed by atoms with Gasteiger partial charge in [-0.15, -0.1) is 0 Å². The number of carbonyl (C=O) groups is 3. The Morgan fingerprint density at radius 2 is 0.855 bits per heavy atom. The topological polar surface area (TPSA) is 114 Å². The van der Waals surface area contributed by atoms with E-state index in [1.54, 1.807) is 24.3 Å². The predicted octanol–water partition coefficient (Wildman–Crippen LogP) is 10.4. The summed E-state index contributed by atoms with van der Waals surface area (Å²) in [6, 6.07) is 33.8. The molecule has 6 aromatic rings. The predicted molar refractivity (Wildman–Crippen MR) is 222 cm³/mol. The van der Waals surface area contributed by atoms with Crippen molar-refractivity contribution >= 4 is 63.2 Å². The van der Waals surface area contributed by atoms with Gasteiger partial charge < -0.3 is 9.80 Å². The van der Waals surface area contributed by atoms with E-state index < -0.39 is 0 Å². The van der Waals surface area contributed by atoms with Crippen molar-refractivity contribution in [3.8, 4) is 12.1 Å². The molecule has 0 aliphatic rings. The van der Waals surface area contributed by atoms with Gasteiger partial charge in [0.05, 0.1) is 36.4 Å². The van der Waals surface area contributed by atoms with Crippen LogP contribution in [-0.4, -0.2) is 47.0 Å². The molecule has 55 heavy (non-hydrogen) atoms. The summed E-state index contributed by atoms with van der Waals surface area (Å²) >= 11 is 0. The van der Waals surface area contributed by atoms with Crippen LogP contribution in [0, 0.1) is 56.6 Å². The molecular weight excluding hydrogens is 685 g/mol. The summed E-state index contributed by atoms with van der Waals surface area (Å²) in [5.74, 6) is 0. The highest BCUT2D eigenvalue weighted by atomic mass is 16.1. The normalized spacial score (nSPS) is 9.51. The van der Waals surface area contributed by atoms with Crippen LogP contribution < -0.4 is 9.80 Å². The maximum atomic E-state index is 10.8. The molecule has 9 nitrogen and oxygen atoms in total. The molecule has 6 aromatic carbocycles. The van der Waals surface area contributed by atoms with Gasteiger partial charge in [0.15, 0.2) is 5.69 Å². The highest BCUT2D eigenvalue weighted by molar-refractivity contribution is 6.05. The number of nitrogens with zero attached hydrogens (tertiary/aromatic N) is 6. The molecule has 0 amide bonds. The lowest BCUT2D eigenvalue weighted by Crippen LogP contribution is -2.08. The van der Waals surface area contributed by atoms with E-state index in [0.29, 0.717) is 39.7 Å². The number of fused-ring (bicyclic) bond motifs is 2. The van der Waals surface area contributed by atoms with Gasteiger partial charge in [-0.05, 0) is 108 Å². The van der Waals surface area contributed by atoms with E-state index in [-0.39, 0.29) is 0 Å². The van der Waals surface area contributed by atoms with Gasteiger partial charge in [0.25, 0.3) is 0 Å². The van der Waals surface area contributed by atoms with Crippen LogP contribution in [0.1, 0.15) is 58.9 Å². The zero-order valence-electron chi connectivity index (χ0n) is 31.9. The molecule has 0 saturated carbocycles. The molecule has 0 radical (unpaired) electrons. The molecule has 0 atom stereocenters. The number of benzene rings is 6. The average molecular weight is 725 g/mol. The Kier molecular flexibility index (Phi) is 15.1. The van der Waals surface area contributed by atoms with Crippen molar-refractivity contribution in [2.75, 3.05) is 38.0 Å². The highest BCUT2D eigenvalue weighted by Gasteiger charge is 2.12. The maximum absolute atomic E-state index is 10.8. The minimum absolute atomic E-state index is 0.314. The van der Waals surface area contributed by atoms with Gasteiger partial charge in [-0.1, -0.05) is 48.5 Å². The Morgan fingerprint density at radius 1 is 0.491 bits per heavy atom. The summed E-state index contributed by atoms with van der Waals surface area (Å²) in [5.41, 5.74) is 8.98. The lowest BCUT2D eigenvalue weighted by atomic mass is 9.97. The van der Waals surface area contributed by atoms with E-state index in [1.807, 2.05) is 132 Å². The third-order valence-electron chi connectivity index (χ3n) is 8.66. The number of aryl methyl sites for hydroxylation is 3. The number of rotatable bonds is 5. The fourth-order valence-electron chi connectivity index (χ4n) is 5.49. The van der Waals surface area contributed by atoms with Gasteiger partial charge >= 0.3 is 0 Å². The third kappa shape index (κ3) is 10.3. The second kappa shape index (κ2) is 19.9. The molecule has 0 fully saturated rings. The first kappa shape index (κ1) is 41.8. The lowest BCUT2D eigenvalue weighted by molar-refractivity contribution is 0.111. The zero-order chi connectivity index (χ0) is 40.7. The Balaban J connectivity index is 0.000000201. The second-order valence-electron chi connectivity index (χ2n) is 12.7. The molecule has 272 valence electrons. The van der Waals surface area contributed by atoms with E-state index in [1.165, 1.54) is 0 Å². The molecule has 0 aliphatic carbocycles. The molecule has 0 saturated heterocycles. The van der Waals surface area contributed by atoms with Crippen molar-refractivity contribution < 1.29 is 14.4 Å². The van der Waals surface area contributed by atoms with Crippen LogP contribution in [0.15, 0.2) is 97.1 Å². The summed E-state index contributed by atoms with van der Waals surface area (Å²) in [4.78, 5) is 42.3. The Labute approximate surface area is 322 Å². The fourth-order valence-corrected chi connectivity index (χ4v) is 5.49. The number of hydrogen-bond donors (Lipinski definition) is 0. The van der Waals surface area contributed by atoms with Crippen LogP contribution in [0.3, 0.4) is 0 Å². The monoisotopic (exact) mass is 724 g/mol. The van der Waals surface area contributed by atoms with E-state index in [4.69, 9.17) is 23.7 Å². The van der Waals surface area contributed by atoms with Crippen LogP contribution >= 0.6 is 0 Å². The second-order valence-corrected chi connectivity index (χ2v) is 12.7. The third-order valence-corrected chi connectivity index (χ3v) is 8.66. The Hall–Kier alpha value is -7.59. The first-order chi connectivity index (χ1) is 26.4. The standard InChI is InChI=1S/C14H8N2O.C14H10N2.2C9H11NO/c1-9-3-5-12-11(13(9)7-15)6-4-10(8-17)14(12)16-2;1-9-4-7-12-11(13(9)8-15)6-5-10(2)14(12)16-3;2*1-10(2)9-5-3-8(7-11)4-6-9/h3-6,8H,1H3;4-7H,1-2H3;2*3-7H,1-2H3. The van der Waals surface area contributed by atoms with Crippen molar-refractivity contribution in [2.24, 2.45) is 0 Å². The van der Waals surface area contributed by atoms with Crippen LogP contribution in [0.4, 0.5) is 22.7 Å². The minimum atomic E-state index is 0.314. The van der Waals surface area contributed by atoms with Crippen LogP contribution in [0.25, 0.3) is 31.2 Å². The first-order valence-corrected chi connectivity index (χ1v) is 16.9. The van der Waals surface area contributed by atoms with Crippen LogP contribution in [0.5, 0.6) is 0 Å². The molecule has 0 heterocycles. The van der Waals surface area contributed by atoms with Crippen molar-refractivity contribution in [1.29, 1.82) is 10.5 Å². The smallest absolute Gasteiger partial charge is 0.205 e. The van der Waals surface area contributed by atoms with Gasteiger partial charge in [0, 0.05) is 56.3 Å². The van der Waals surface area contributed by atoms with Gasteiger partial charge in [0.1, 0.15) is 18.9 Å². The highest BCUT2D eigenvalue weighted by Crippen LogP contribution is 2.33. The molecule has 0 spiro atoms. The van der Waals surface area contributed by atoms with Crippen molar-refractivity contribution in [2.45, 2.75) is 20.8 Å². The van der Waals surface area contributed by atoms with Gasteiger partial charge in [0.2, 0.25) is 5.69 Å². The van der Waals surface area contributed by atoms with Crippen molar-refractivity contribution in [3.05, 3.63) is 164 Å². The number of nitriles is 2. The largest absolute Gasteiger partial charge is 0.378 e. The lowest BCUT2D eigenvalue weighted by Gasteiger charge is -2.11. The van der Waals surface area contributed by atoms with Crippen LogP contribution in [0.2, 0.25) is 0 Å². The summed E-state index contributed by atoms with van der Waals surface area (Å²) in [6.07, 6.45) is 2.36. The zero-order valence-corrected chi connectivity index (χ0v) is 31.9. The quantitative estimate of drug-likeness (QED) is 0.128. The van der Waals surface area contributed by atoms with Gasteiger partial charge in [-0.25, -0.2) is 9.69 Å². The molecular formula is C46H40N6O3. The summed E-state index contributed by atoms with van der Waals surface area (Å²) < 4.78 is 0. The number of hydrogen-bond acceptors (Lipinski definition) is 7. The van der Waals surface area contributed by atoms with Crippen molar-refractivity contribution in [3.63, 3.8) is 0 Å². The first-order valence-electron chi connectivity index (χ1n) is 16.9. The molecule has 0 bridgehead atoms. The van der Waals surface area contributed by atoms with E-state index in [2.05, 4.69) is 21.8 Å². The Bertz CT molecular complexity index is 2390. The van der Waals surface area contributed by atoms with E-state index in [0.717, 1.165) is 67.9 Å².